The zero-order valence-electron chi connectivity index (χ0n) is 25.9. The lowest BCUT2D eigenvalue weighted by molar-refractivity contribution is -0.148. The molecule has 0 saturated heterocycles. The molecule has 0 heterocycles. The fourth-order valence-corrected chi connectivity index (χ4v) is 3.31. The minimum atomic E-state index is -1.93. The molecule has 0 unspecified atom stereocenters. The molecule has 0 radical (unpaired) electrons. The SMILES string of the molecule is CCC(C)(C)OC(=O)O[C@@H](C)[C@@H](C)[C@](N)(Cc1ccc(OC(=O)OC(C)(C)C)c(OC(=O)OC(C)(C)C)c1)C(=O)O. The first-order chi connectivity index (χ1) is 18.5. The van der Waals surface area contributed by atoms with Crippen LogP contribution in [0.4, 0.5) is 14.4 Å². The van der Waals surface area contributed by atoms with E-state index in [0.29, 0.717) is 12.0 Å². The van der Waals surface area contributed by atoms with Crippen molar-refractivity contribution in [2.45, 2.75) is 117 Å². The summed E-state index contributed by atoms with van der Waals surface area (Å²) < 4.78 is 31.6. The monoisotopic (exact) mass is 583 g/mol. The zero-order chi connectivity index (χ0) is 32.0. The average molecular weight is 584 g/mol. The highest BCUT2D eigenvalue weighted by Gasteiger charge is 2.44. The van der Waals surface area contributed by atoms with Gasteiger partial charge in [0.25, 0.3) is 0 Å². The molecule has 0 aliphatic heterocycles. The molecular formula is C29H45NO11. The molecule has 3 N–H and O–H groups in total. The third-order valence-corrected chi connectivity index (χ3v) is 6.08. The third kappa shape index (κ3) is 11.8. The average Bonchev–Trinajstić information content (AvgIpc) is 2.77. The van der Waals surface area contributed by atoms with E-state index in [1.54, 1.807) is 55.4 Å². The molecule has 0 aliphatic carbocycles. The number of carboxylic acid groups (broad SMARTS) is 1. The quantitative estimate of drug-likeness (QED) is 0.187. The highest BCUT2D eigenvalue weighted by Crippen LogP contribution is 2.33. The summed E-state index contributed by atoms with van der Waals surface area (Å²) in [5.41, 5.74) is 2.29. The first kappa shape index (κ1) is 35.5. The van der Waals surface area contributed by atoms with E-state index < -0.39 is 58.8 Å². The van der Waals surface area contributed by atoms with E-state index in [0.717, 1.165) is 0 Å². The Morgan fingerprint density at radius 2 is 1.29 bits per heavy atom. The lowest BCUT2D eigenvalue weighted by Gasteiger charge is -2.35. The van der Waals surface area contributed by atoms with Gasteiger partial charge in [0.1, 0.15) is 28.4 Å². The van der Waals surface area contributed by atoms with Crippen LogP contribution in [0.5, 0.6) is 11.5 Å². The van der Waals surface area contributed by atoms with Crippen molar-refractivity contribution in [3.05, 3.63) is 23.8 Å². The zero-order valence-corrected chi connectivity index (χ0v) is 25.9. The van der Waals surface area contributed by atoms with Crippen molar-refractivity contribution < 1.29 is 52.7 Å². The Morgan fingerprint density at radius 3 is 1.73 bits per heavy atom. The maximum atomic E-state index is 12.4. The Morgan fingerprint density at radius 1 is 0.805 bits per heavy atom. The van der Waals surface area contributed by atoms with Gasteiger partial charge in [-0.05, 0) is 86.4 Å². The van der Waals surface area contributed by atoms with Gasteiger partial charge < -0.3 is 39.3 Å². The number of carbonyl (C=O) groups excluding carboxylic acids is 3. The molecule has 1 rings (SSSR count). The topological polar surface area (TPSA) is 170 Å². The fourth-order valence-electron chi connectivity index (χ4n) is 3.31. The number of benzene rings is 1. The number of rotatable bonds is 10. The first-order valence-electron chi connectivity index (χ1n) is 13.3. The van der Waals surface area contributed by atoms with Gasteiger partial charge >= 0.3 is 24.4 Å². The normalized spacial score (nSPS) is 15.0. The van der Waals surface area contributed by atoms with Crippen molar-refractivity contribution in [3.8, 4) is 11.5 Å². The van der Waals surface area contributed by atoms with Crippen LogP contribution in [0.3, 0.4) is 0 Å². The fraction of sp³-hybridized carbons (Fsp3) is 0.655. The Hall–Kier alpha value is -3.54. The summed E-state index contributed by atoms with van der Waals surface area (Å²) in [5.74, 6) is -2.65. The second kappa shape index (κ2) is 13.4. The molecule has 0 spiro atoms. The van der Waals surface area contributed by atoms with Crippen LogP contribution < -0.4 is 15.2 Å². The van der Waals surface area contributed by atoms with Crippen LogP contribution in [-0.2, 0) is 30.2 Å². The summed E-state index contributed by atoms with van der Waals surface area (Å²) >= 11 is 0. The van der Waals surface area contributed by atoms with E-state index in [-0.39, 0.29) is 17.9 Å². The molecular weight excluding hydrogens is 538 g/mol. The Labute approximate surface area is 241 Å². The van der Waals surface area contributed by atoms with Crippen LogP contribution in [0, 0.1) is 5.92 Å². The van der Waals surface area contributed by atoms with Gasteiger partial charge in [-0.1, -0.05) is 19.9 Å². The minimum Gasteiger partial charge on any atom is -0.480 e. The second-order valence-corrected chi connectivity index (χ2v) is 12.5. The Kier molecular flexibility index (Phi) is 11.6. The van der Waals surface area contributed by atoms with Gasteiger partial charge in [0.05, 0.1) is 0 Å². The van der Waals surface area contributed by atoms with Gasteiger partial charge in [-0.2, -0.15) is 0 Å². The molecule has 1 aromatic rings. The van der Waals surface area contributed by atoms with Crippen LogP contribution in [0.2, 0.25) is 0 Å². The number of carbonyl (C=O) groups is 4. The molecule has 232 valence electrons. The molecule has 41 heavy (non-hydrogen) atoms. The molecule has 1 aromatic carbocycles. The van der Waals surface area contributed by atoms with Gasteiger partial charge in [-0.3, -0.25) is 4.79 Å². The molecule has 12 heteroatoms. The Bertz CT molecular complexity index is 1100. The minimum absolute atomic E-state index is 0.169. The predicted octanol–water partition coefficient (Wildman–Crippen LogP) is 6.01. The van der Waals surface area contributed by atoms with E-state index >= 15 is 0 Å². The molecule has 0 saturated carbocycles. The van der Waals surface area contributed by atoms with Crippen molar-refractivity contribution in [2.24, 2.45) is 11.7 Å². The summed E-state index contributed by atoms with van der Waals surface area (Å²) in [7, 11) is 0. The predicted molar refractivity (Wildman–Crippen MR) is 149 cm³/mol. The first-order valence-corrected chi connectivity index (χ1v) is 13.3. The van der Waals surface area contributed by atoms with Crippen LogP contribution in [0.25, 0.3) is 0 Å². The number of carboxylic acids is 1. The number of hydrogen-bond donors (Lipinski definition) is 2. The van der Waals surface area contributed by atoms with Gasteiger partial charge in [-0.25, -0.2) is 14.4 Å². The maximum Gasteiger partial charge on any atom is 0.514 e. The van der Waals surface area contributed by atoms with Crippen molar-refractivity contribution in [2.75, 3.05) is 0 Å². The van der Waals surface area contributed by atoms with Crippen molar-refractivity contribution in [3.63, 3.8) is 0 Å². The smallest absolute Gasteiger partial charge is 0.480 e. The van der Waals surface area contributed by atoms with Gasteiger partial charge in [0, 0.05) is 12.3 Å². The molecule has 12 nitrogen and oxygen atoms in total. The van der Waals surface area contributed by atoms with Crippen molar-refractivity contribution in [1.29, 1.82) is 0 Å². The largest absolute Gasteiger partial charge is 0.514 e. The van der Waals surface area contributed by atoms with Crippen LogP contribution in [0.15, 0.2) is 18.2 Å². The van der Waals surface area contributed by atoms with Crippen molar-refractivity contribution in [1.82, 2.24) is 0 Å². The number of hydrogen-bond acceptors (Lipinski definition) is 11. The summed E-state index contributed by atoms with van der Waals surface area (Å²) in [6.07, 6.45) is -3.74. The lowest BCUT2D eigenvalue weighted by Crippen LogP contribution is -2.58. The van der Waals surface area contributed by atoms with Gasteiger partial charge in [-0.15, -0.1) is 0 Å². The third-order valence-electron chi connectivity index (χ3n) is 6.08. The van der Waals surface area contributed by atoms with Crippen LogP contribution in [-0.4, -0.2) is 58.0 Å². The summed E-state index contributed by atoms with van der Waals surface area (Å²) in [6, 6.07) is 4.09. The van der Waals surface area contributed by atoms with Crippen LogP contribution in [0.1, 0.15) is 88.1 Å². The highest BCUT2D eigenvalue weighted by atomic mass is 16.8. The Balaban J connectivity index is 3.32. The van der Waals surface area contributed by atoms with E-state index in [9.17, 15) is 24.3 Å². The standard InChI is InChI=1S/C29H45NO11/c1-12-28(10,11)41-23(33)36-18(3)17(2)29(30,22(31)32)16-19-13-14-20(37-24(34)39-26(4,5)6)21(15-19)38-25(35)40-27(7,8)9/h13-15,17-18H,12,16,30H2,1-11H3,(H,31,32)/t17-,18+,29-/m1/s1. The van der Waals surface area contributed by atoms with E-state index in [1.807, 2.05) is 6.92 Å². The number of aliphatic carboxylic acids is 1. The number of nitrogens with two attached hydrogens (primary N) is 1. The summed E-state index contributed by atoms with van der Waals surface area (Å²) in [6.45, 7) is 18.2. The van der Waals surface area contributed by atoms with E-state index in [4.69, 9.17) is 34.2 Å². The summed E-state index contributed by atoms with van der Waals surface area (Å²) in [5, 5.41) is 10.1. The summed E-state index contributed by atoms with van der Waals surface area (Å²) in [4.78, 5) is 49.4. The van der Waals surface area contributed by atoms with E-state index in [1.165, 1.54) is 32.0 Å². The van der Waals surface area contributed by atoms with Crippen molar-refractivity contribution >= 4 is 24.4 Å². The molecule has 0 aromatic heterocycles. The van der Waals surface area contributed by atoms with E-state index in [2.05, 4.69) is 0 Å². The van der Waals surface area contributed by atoms with Crippen LogP contribution >= 0.6 is 0 Å². The maximum absolute atomic E-state index is 12.4. The molecule has 0 bridgehead atoms. The molecule has 0 fully saturated rings. The molecule has 0 aliphatic rings. The van der Waals surface area contributed by atoms with Gasteiger partial charge in [0.15, 0.2) is 11.5 Å². The molecule has 0 amide bonds. The number of ether oxygens (including phenoxy) is 6. The lowest BCUT2D eigenvalue weighted by atomic mass is 9.78. The highest BCUT2D eigenvalue weighted by molar-refractivity contribution is 5.80. The molecule has 3 atom stereocenters. The van der Waals surface area contributed by atoms with Gasteiger partial charge in [0.2, 0.25) is 0 Å². The second-order valence-electron chi connectivity index (χ2n) is 12.5.